The third-order valence-corrected chi connectivity index (χ3v) is 5.52. The quantitative estimate of drug-likeness (QED) is 0.585. The van der Waals surface area contributed by atoms with Crippen molar-refractivity contribution >= 4 is 11.9 Å². The molecule has 7 nitrogen and oxygen atoms in total. The number of pyridine rings is 1. The highest BCUT2D eigenvalue weighted by molar-refractivity contribution is 5.79. The zero-order valence-corrected chi connectivity index (χ0v) is 18.2. The molecular formula is C24H26FN5O2. The van der Waals surface area contributed by atoms with E-state index >= 15 is 0 Å². The topological polar surface area (TPSA) is 71.5 Å². The van der Waals surface area contributed by atoms with Gasteiger partial charge in [-0.05, 0) is 49.1 Å². The van der Waals surface area contributed by atoms with Gasteiger partial charge in [0.25, 0.3) is 5.91 Å². The van der Waals surface area contributed by atoms with Gasteiger partial charge in [-0.2, -0.15) is 0 Å². The minimum absolute atomic E-state index is 0.0730. The number of amides is 1. The smallest absolute Gasteiger partial charge is 0.261 e. The Morgan fingerprint density at radius 3 is 2.72 bits per heavy atom. The van der Waals surface area contributed by atoms with Crippen LogP contribution in [0.3, 0.4) is 0 Å². The molecule has 2 aromatic heterocycles. The first-order chi connectivity index (χ1) is 15.5. The Labute approximate surface area is 186 Å². The highest BCUT2D eigenvalue weighted by Gasteiger charge is 2.32. The van der Waals surface area contributed by atoms with Gasteiger partial charge in [0.05, 0.1) is 11.7 Å². The number of ether oxygens (including phenoxy) is 1. The molecule has 1 aromatic carbocycles. The normalized spacial score (nSPS) is 16.0. The Hall–Kier alpha value is -3.55. The number of anilines is 1. The molecule has 0 bridgehead atoms. The number of carbonyl (C=O) groups excluding carboxylic acids is 1. The Bertz CT molecular complexity index is 1080. The second-order valence-corrected chi connectivity index (χ2v) is 7.92. The van der Waals surface area contributed by atoms with Crippen LogP contribution < -0.4 is 9.64 Å². The van der Waals surface area contributed by atoms with Gasteiger partial charge >= 0.3 is 0 Å². The fourth-order valence-electron chi connectivity index (χ4n) is 3.91. The summed E-state index contributed by atoms with van der Waals surface area (Å²) in [6.45, 7) is 0.370. The van der Waals surface area contributed by atoms with Crippen LogP contribution in [-0.2, 0) is 4.79 Å². The van der Waals surface area contributed by atoms with Crippen molar-refractivity contribution in [3.63, 3.8) is 0 Å². The molecule has 3 aromatic rings. The summed E-state index contributed by atoms with van der Waals surface area (Å²) in [7, 11) is 3.77. The molecule has 32 heavy (non-hydrogen) atoms. The molecule has 1 unspecified atom stereocenters. The SMILES string of the molecule is CN(C)c1ncc(-c2ccncc2)c(C2CCCCN2C(=O)COc2ccccc2F)n1. The van der Waals surface area contributed by atoms with Gasteiger partial charge in [0.2, 0.25) is 5.95 Å². The molecule has 1 amide bonds. The molecule has 1 aliphatic heterocycles. The van der Waals surface area contributed by atoms with E-state index in [-0.39, 0.29) is 24.3 Å². The van der Waals surface area contributed by atoms with Crippen molar-refractivity contribution in [3.8, 4) is 16.9 Å². The van der Waals surface area contributed by atoms with E-state index in [0.29, 0.717) is 12.5 Å². The lowest BCUT2D eigenvalue weighted by Gasteiger charge is -2.36. The summed E-state index contributed by atoms with van der Waals surface area (Å²) in [4.78, 5) is 30.2. The molecule has 0 aliphatic carbocycles. The molecule has 0 spiro atoms. The minimum Gasteiger partial charge on any atom is -0.481 e. The average molecular weight is 436 g/mol. The molecule has 1 atom stereocenters. The first-order valence-electron chi connectivity index (χ1n) is 10.7. The maximum Gasteiger partial charge on any atom is 0.261 e. The number of hydrogen-bond acceptors (Lipinski definition) is 6. The lowest BCUT2D eigenvalue weighted by atomic mass is 9.94. The standard InChI is InChI=1S/C24H26FN5O2/c1-29(2)24-27-15-18(17-10-12-26-13-11-17)23(28-24)20-8-5-6-14-30(20)22(31)16-32-21-9-4-3-7-19(21)25/h3-4,7,9-13,15,20H,5-6,8,14,16H2,1-2H3. The van der Waals surface area contributed by atoms with Crippen molar-refractivity contribution in [1.82, 2.24) is 19.9 Å². The summed E-state index contributed by atoms with van der Waals surface area (Å²) in [5.74, 6) is -0.0206. The molecule has 166 valence electrons. The van der Waals surface area contributed by atoms with Gasteiger partial charge in [-0.1, -0.05) is 12.1 Å². The fourth-order valence-corrected chi connectivity index (χ4v) is 3.91. The van der Waals surface area contributed by atoms with E-state index < -0.39 is 5.82 Å². The van der Waals surface area contributed by atoms with Crippen molar-refractivity contribution in [1.29, 1.82) is 0 Å². The van der Waals surface area contributed by atoms with Gasteiger partial charge in [-0.3, -0.25) is 9.78 Å². The van der Waals surface area contributed by atoms with E-state index in [2.05, 4.69) is 9.97 Å². The van der Waals surface area contributed by atoms with Crippen molar-refractivity contribution in [2.24, 2.45) is 0 Å². The van der Waals surface area contributed by atoms with Crippen LogP contribution in [0.15, 0.2) is 55.0 Å². The summed E-state index contributed by atoms with van der Waals surface area (Å²) in [6, 6.07) is 9.70. The van der Waals surface area contributed by atoms with E-state index in [0.717, 1.165) is 36.1 Å². The molecule has 0 N–H and O–H groups in total. The summed E-state index contributed by atoms with van der Waals surface area (Å²) < 4.78 is 19.4. The largest absolute Gasteiger partial charge is 0.481 e. The average Bonchev–Trinajstić information content (AvgIpc) is 2.83. The van der Waals surface area contributed by atoms with Crippen molar-refractivity contribution < 1.29 is 13.9 Å². The highest BCUT2D eigenvalue weighted by atomic mass is 19.1. The Morgan fingerprint density at radius 2 is 1.97 bits per heavy atom. The Balaban J connectivity index is 1.65. The monoisotopic (exact) mass is 435 g/mol. The number of hydrogen-bond donors (Lipinski definition) is 0. The molecular weight excluding hydrogens is 409 g/mol. The van der Waals surface area contributed by atoms with Crippen LogP contribution >= 0.6 is 0 Å². The molecule has 0 saturated carbocycles. The predicted molar refractivity (Wildman–Crippen MR) is 120 cm³/mol. The first-order valence-corrected chi connectivity index (χ1v) is 10.7. The number of para-hydroxylation sites is 1. The summed E-state index contributed by atoms with van der Waals surface area (Å²) in [5.41, 5.74) is 2.62. The molecule has 0 radical (unpaired) electrons. The van der Waals surface area contributed by atoms with Gasteiger partial charge in [0.15, 0.2) is 18.2 Å². The number of likely N-dealkylation sites (tertiary alicyclic amines) is 1. The lowest BCUT2D eigenvalue weighted by molar-refractivity contribution is -0.137. The zero-order chi connectivity index (χ0) is 22.5. The van der Waals surface area contributed by atoms with E-state index in [1.165, 1.54) is 12.1 Å². The molecule has 1 saturated heterocycles. The van der Waals surface area contributed by atoms with Crippen LogP contribution in [0.25, 0.3) is 11.1 Å². The van der Waals surface area contributed by atoms with Crippen LogP contribution in [0, 0.1) is 5.82 Å². The van der Waals surface area contributed by atoms with E-state index in [1.54, 1.807) is 35.6 Å². The van der Waals surface area contributed by atoms with Gasteiger partial charge in [0, 0.05) is 44.8 Å². The van der Waals surface area contributed by atoms with Gasteiger partial charge in [-0.15, -0.1) is 0 Å². The maximum atomic E-state index is 13.9. The molecule has 1 aliphatic rings. The minimum atomic E-state index is -0.484. The molecule has 4 rings (SSSR count). The third kappa shape index (κ3) is 4.69. The second-order valence-electron chi connectivity index (χ2n) is 7.92. The number of piperidine rings is 1. The number of benzene rings is 1. The number of nitrogens with zero attached hydrogens (tertiary/aromatic N) is 5. The van der Waals surface area contributed by atoms with E-state index in [4.69, 9.17) is 9.72 Å². The summed E-state index contributed by atoms with van der Waals surface area (Å²) >= 11 is 0. The molecule has 8 heteroatoms. The van der Waals surface area contributed by atoms with Crippen LogP contribution in [0.4, 0.5) is 10.3 Å². The number of halogens is 1. The van der Waals surface area contributed by atoms with Gasteiger partial charge in [0.1, 0.15) is 0 Å². The number of rotatable bonds is 6. The van der Waals surface area contributed by atoms with Crippen molar-refractivity contribution in [2.75, 3.05) is 32.1 Å². The van der Waals surface area contributed by atoms with E-state index in [9.17, 15) is 9.18 Å². The van der Waals surface area contributed by atoms with Crippen LogP contribution in [-0.4, -0.2) is 53.0 Å². The Kier molecular flexibility index (Phi) is 6.58. The fraction of sp³-hybridized carbons (Fsp3) is 0.333. The van der Waals surface area contributed by atoms with Gasteiger partial charge < -0.3 is 14.5 Å². The number of carbonyl (C=O) groups is 1. The third-order valence-electron chi connectivity index (χ3n) is 5.52. The number of aromatic nitrogens is 3. The Morgan fingerprint density at radius 1 is 1.19 bits per heavy atom. The maximum absolute atomic E-state index is 13.9. The zero-order valence-electron chi connectivity index (χ0n) is 18.2. The van der Waals surface area contributed by atoms with Crippen LogP contribution in [0.2, 0.25) is 0 Å². The van der Waals surface area contributed by atoms with Gasteiger partial charge in [-0.25, -0.2) is 14.4 Å². The first kappa shape index (κ1) is 21.7. The van der Waals surface area contributed by atoms with Crippen LogP contribution in [0.1, 0.15) is 31.0 Å². The lowest BCUT2D eigenvalue weighted by Crippen LogP contribution is -2.41. The van der Waals surface area contributed by atoms with Crippen molar-refractivity contribution in [2.45, 2.75) is 25.3 Å². The summed E-state index contributed by atoms with van der Waals surface area (Å²) in [6.07, 6.45) is 7.93. The second kappa shape index (κ2) is 9.72. The van der Waals surface area contributed by atoms with Crippen LogP contribution in [0.5, 0.6) is 5.75 Å². The predicted octanol–water partition coefficient (Wildman–Crippen LogP) is 3.88. The van der Waals surface area contributed by atoms with E-state index in [1.807, 2.05) is 31.1 Å². The molecule has 3 heterocycles. The summed E-state index contributed by atoms with van der Waals surface area (Å²) in [5, 5.41) is 0. The van der Waals surface area contributed by atoms with Crippen molar-refractivity contribution in [3.05, 3.63) is 66.5 Å². The molecule has 1 fully saturated rings. The highest BCUT2D eigenvalue weighted by Crippen LogP contribution is 2.36.